The van der Waals surface area contributed by atoms with Gasteiger partial charge in [0.2, 0.25) is 5.88 Å². The maximum Gasteiger partial charge on any atom is 0.238 e. The fourth-order valence-corrected chi connectivity index (χ4v) is 2.77. The number of nitrogens with zero attached hydrogens (tertiary/aromatic N) is 2. The van der Waals surface area contributed by atoms with Crippen LogP contribution in [0.25, 0.3) is 22.4 Å². The van der Waals surface area contributed by atoms with Gasteiger partial charge in [0.25, 0.3) is 0 Å². The molecule has 1 aromatic heterocycles. The van der Waals surface area contributed by atoms with Crippen LogP contribution < -0.4 is 0 Å². The Hall–Kier alpha value is -2.55. The number of rotatable bonds is 3. The Bertz CT molecular complexity index is 812. The minimum atomic E-state index is 0.0816. The predicted octanol–water partition coefficient (Wildman–Crippen LogP) is 5.12. The highest BCUT2D eigenvalue weighted by molar-refractivity contribution is 5.84. The summed E-state index contributed by atoms with van der Waals surface area (Å²) >= 11 is 0. The van der Waals surface area contributed by atoms with Gasteiger partial charge >= 0.3 is 0 Å². The maximum atomic E-state index is 10.5. The summed E-state index contributed by atoms with van der Waals surface area (Å²) in [4.78, 5) is 0. The molecule has 0 unspecified atom stereocenters. The Morgan fingerprint density at radius 1 is 0.826 bits per heavy atom. The molecule has 0 aliphatic heterocycles. The Kier molecular flexibility index (Phi) is 3.95. The molecule has 0 radical (unpaired) electrons. The van der Waals surface area contributed by atoms with Crippen molar-refractivity contribution in [3.8, 4) is 28.3 Å². The lowest BCUT2D eigenvalue weighted by Gasteiger charge is -2.13. The molecule has 2 aromatic carbocycles. The minimum Gasteiger partial charge on any atom is -0.492 e. The molecule has 118 valence electrons. The number of aromatic hydroxyl groups is 1. The van der Waals surface area contributed by atoms with Crippen molar-refractivity contribution in [3.05, 3.63) is 59.7 Å². The lowest BCUT2D eigenvalue weighted by Crippen LogP contribution is -2.05. The van der Waals surface area contributed by atoms with Gasteiger partial charge in [0, 0.05) is 11.6 Å². The molecule has 0 aliphatic rings. The van der Waals surface area contributed by atoms with E-state index in [0.717, 1.165) is 22.4 Å². The third-order valence-corrected chi connectivity index (χ3v) is 4.05. The van der Waals surface area contributed by atoms with Crippen LogP contribution in [0.2, 0.25) is 0 Å². The monoisotopic (exact) mass is 306 g/mol. The summed E-state index contributed by atoms with van der Waals surface area (Å²) in [5.41, 5.74) is 6.21. The topological polar surface area (TPSA) is 38.1 Å². The average Bonchev–Trinajstić information content (AvgIpc) is 2.87. The molecule has 1 heterocycles. The highest BCUT2D eigenvalue weighted by Crippen LogP contribution is 2.40. The molecular formula is C20H22N2O. The average molecular weight is 306 g/mol. The zero-order valence-electron chi connectivity index (χ0n) is 14.0. The predicted molar refractivity (Wildman–Crippen MR) is 94.6 cm³/mol. The smallest absolute Gasteiger partial charge is 0.238 e. The molecule has 1 N–H and O–H groups in total. The highest BCUT2D eigenvalue weighted by atomic mass is 16.3. The van der Waals surface area contributed by atoms with Crippen LogP contribution >= 0.6 is 0 Å². The van der Waals surface area contributed by atoms with Crippen molar-refractivity contribution >= 4 is 0 Å². The zero-order valence-corrected chi connectivity index (χ0v) is 14.0. The van der Waals surface area contributed by atoms with Crippen LogP contribution in [0.15, 0.2) is 48.5 Å². The quantitative estimate of drug-likeness (QED) is 0.729. The van der Waals surface area contributed by atoms with E-state index in [1.165, 1.54) is 11.1 Å². The van der Waals surface area contributed by atoms with Crippen LogP contribution in [0, 0.1) is 13.8 Å². The number of hydrogen-bond acceptors (Lipinski definition) is 2. The van der Waals surface area contributed by atoms with E-state index in [2.05, 4.69) is 69.2 Å². The number of aryl methyl sites for hydroxylation is 2. The van der Waals surface area contributed by atoms with Crippen LogP contribution in [0.3, 0.4) is 0 Å². The summed E-state index contributed by atoms with van der Waals surface area (Å²) in [5, 5.41) is 14.8. The lowest BCUT2D eigenvalue weighted by molar-refractivity contribution is 0.428. The molecule has 0 aliphatic carbocycles. The zero-order chi connectivity index (χ0) is 16.6. The van der Waals surface area contributed by atoms with E-state index < -0.39 is 0 Å². The van der Waals surface area contributed by atoms with Crippen molar-refractivity contribution in [2.75, 3.05) is 0 Å². The van der Waals surface area contributed by atoms with Gasteiger partial charge in [-0.15, -0.1) is 5.10 Å². The Balaban J connectivity index is 2.26. The van der Waals surface area contributed by atoms with E-state index in [0.29, 0.717) is 0 Å². The van der Waals surface area contributed by atoms with E-state index in [9.17, 15) is 5.11 Å². The number of benzene rings is 2. The summed E-state index contributed by atoms with van der Waals surface area (Å²) in [7, 11) is 0. The van der Waals surface area contributed by atoms with Gasteiger partial charge in [0.1, 0.15) is 0 Å². The molecule has 0 atom stereocenters. The van der Waals surface area contributed by atoms with Crippen LogP contribution in [0.1, 0.15) is 31.0 Å². The van der Waals surface area contributed by atoms with Crippen molar-refractivity contribution < 1.29 is 5.11 Å². The van der Waals surface area contributed by atoms with Crippen LogP contribution in [-0.4, -0.2) is 14.9 Å². The van der Waals surface area contributed by atoms with Crippen molar-refractivity contribution in [2.24, 2.45) is 0 Å². The molecule has 3 heteroatoms. The lowest BCUT2D eigenvalue weighted by atomic mass is 9.99. The van der Waals surface area contributed by atoms with Gasteiger partial charge < -0.3 is 5.11 Å². The highest BCUT2D eigenvalue weighted by Gasteiger charge is 2.21. The Labute approximate surface area is 137 Å². The van der Waals surface area contributed by atoms with Crippen LogP contribution in [0.5, 0.6) is 5.88 Å². The molecular weight excluding hydrogens is 284 g/mol. The third kappa shape index (κ3) is 2.87. The molecule has 3 aromatic rings. The Morgan fingerprint density at radius 3 is 1.78 bits per heavy atom. The van der Waals surface area contributed by atoms with Crippen molar-refractivity contribution in [2.45, 2.75) is 33.7 Å². The third-order valence-electron chi connectivity index (χ3n) is 4.05. The molecule has 0 amide bonds. The largest absolute Gasteiger partial charge is 0.492 e. The molecule has 23 heavy (non-hydrogen) atoms. The van der Waals surface area contributed by atoms with E-state index in [1.807, 2.05) is 16.8 Å². The van der Waals surface area contributed by atoms with E-state index in [4.69, 9.17) is 0 Å². The van der Waals surface area contributed by atoms with E-state index in [1.54, 1.807) is 0 Å². The van der Waals surface area contributed by atoms with Gasteiger partial charge in [-0.3, -0.25) is 4.68 Å². The van der Waals surface area contributed by atoms with Crippen molar-refractivity contribution in [1.29, 1.82) is 0 Å². The fraction of sp³-hybridized carbons (Fsp3) is 0.250. The van der Waals surface area contributed by atoms with Gasteiger partial charge in [0.05, 0.1) is 11.3 Å². The van der Waals surface area contributed by atoms with Crippen molar-refractivity contribution in [3.63, 3.8) is 0 Å². The summed E-state index contributed by atoms with van der Waals surface area (Å²) in [6, 6.07) is 16.7. The molecule has 0 bridgehead atoms. The Morgan fingerprint density at radius 2 is 1.30 bits per heavy atom. The molecule has 3 nitrogen and oxygen atoms in total. The first kappa shape index (κ1) is 15.3. The molecule has 0 saturated heterocycles. The van der Waals surface area contributed by atoms with Crippen LogP contribution in [-0.2, 0) is 0 Å². The summed E-state index contributed by atoms with van der Waals surface area (Å²) in [6.45, 7) is 8.27. The minimum absolute atomic E-state index is 0.0816. The van der Waals surface area contributed by atoms with E-state index >= 15 is 0 Å². The second-order valence-electron chi connectivity index (χ2n) is 6.32. The second kappa shape index (κ2) is 5.92. The summed E-state index contributed by atoms with van der Waals surface area (Å²) in [6.07, 6.45) is 0. The number of aromatic nitrogens is 2. The summed E-state index contributed by atoms with van der Waals surface area (Å²) < 4.78 is 1.90. The molecule has 0 fully saturated rings. The van der Waals surface area contributed by atoms with Gasteiger partial charge in [0.15, 0.2) is 0 Å². The first-order valence-corrected chi connectivity index (χ1v) is 7.93. The van der Waals surface area contributed by atoms with Crippen LogP contribution in [0.4, 0.5) is 0 Å². The fourth-order valence-electron chi connectivity index (χ4n) is 2.77. The standard InChI is InChI=1S/C20H22N2O/c1-13(2)22-19(17-11-7-15(4)8-12-17)18(20(23)21-22)16-9-5-14(3)6-10-16/h5-13H,1-4H3,(H,21,23). The molecule has 0 spiro atoms. The summed E-state index contributed by atoms with van der Waals surface area (Å²) in [5.74, 6) is 0.0816. The number of hydrogen-bond donors (Lipinski definition) is 1. The molecule has 0 saturated carbocycles. The van der Waals surface area contributed by atoms with Crippen molar-refractivity contribution in [1.82, 2.24) is 9.78 Å². The van der Waals surface area contributed by atoms with Gasteiger partial charge in [-0.25, -0.2) is 0 Å². The molecule has 3 rings (SSSR count). The first-order chi connectivity index (χ1) is 11.0. The maximum absolute atomic E-state index is 10.5. The van der Waals surface area contributed by atoms with E-state index in [-0.39, 0.29) is 11.9 Å². The van der Waals surface area contributed by atoms with Gasteiger partial charge in [-0.2, -0.15) is 0 Å². The van der Waals surface area contributed by atoms with Gasteiger partial charge in [-0.05, 0) is 33.3 Å². The normalized spacial score (nSPS) is 11.2. The second-order valence-corrected chi connectivity index (χ2v) is 6.32. The first-order valence-electron chi connectivity index (χ1n) is 7.93. The van der Waals surface area contributed by atoms with Gasteiger partial charge in [-0.1, -0.05) is 59.7 Å². The SMILES string of the molecule is Cc1ccc(-c2c(O)nn(C(C)C)c2-c2ccc(C)cc2)cc1.